The Kier molecular flexibility index (Phi) is 6.99. The lowest BCUT2D eigenvalue weighted by Crippen LogP contribution is -2.45. The number of aromatic nitrogens is 2. The van der Waals surface area contributed by atoms with E-state index < -0.39 is 0 Å². The Labute approximate surface area is 171 Å². The van der Waals surface area contributed by atoms with E-state index in [0.717, 1.165) is 54.8 Å². The minimum absolute atomic E-state index is 0.297. The van der Waals surface area contributed by atoms with Crippen LogP contribution in [0.15, 0.2) is 30.6 Å². The van der Waals surface area contributed by atoms with E-state index in [9.17, 15) is 0 Å². The number of nitrogens with one attached hydrogen (secondary N) is 2. The first-order valence-electron chi connectivity index (χ1n) is 9.72. The van der Waals surface area contributed by atoms with E-state index in [1.165, 1.54) is 0 Å². The summed E-state index contributed by atoms with van der Waals surface area (Å²) >= 11 is 5.99. The number of nitrogens with zero attached hydrogens (tertiary/aromatic N) is 3. The lowest BCUT2D eigenvalue weighted by atomic mass is 10.0. The highest BCUT2D eigenvalue weighted by Gasteiger charge is 2.21. The maximum Gasteiger partial charge on any atom is 0.129 e. The summed E-state index contributed by atoms with van der Waals surface area (Å²) in [6.45, 7) is 9.90. The van der Waals surface area contributed by atoms with Crippen LogP contribution in [0.5, 0.6) is 0 Å². The van der Waals surface area contributed by atoms with Gasteiger partial charge in [0.05, 0.1) is 23.2 Å². The Morgan fingerprint density at radius 3 is 2.79 bits per heavy atom. The Morgan fingerprint density at radius 1 is 1.32 bits per heavy atom. The lowest BCUT2D eigenvalue weighted by Gasteiger charge is -2.35. The third-order valence-corrected chi connectivity index (χ3v) is 4.97. The first-order chi connectivity index (χ1) is 13.4. The summed E-state index contributed by atoms with van der Waals surface area (Å²) in [4.78, 5) is 11.2. The van der Waals surface area contributed by atoms with Crippen molar-refractivity contribution in [2.45, 2.75) is 39.4 Å². The van der Waals surface area contributed by atoms with Crippen molar-refractivity contribution < 1.29 is 4.74 Å². The number of morpholine rings is 1. The van der Waals surface area contributed by atoms with Gasteiger partial charge in [-0.15, -0.1) is 0 Å². The molecule has 2 aromatic heterocycles. The molecule has 1 fully saturated rings. The van der Waals surface area contributed by atoms with Crippen LogP contribution in [0.3, 0.4) is 0 Å². The van der Waals surface area contributed by atoms with Gasteiger partial charge in [0.25, 0.3) is 0 Å². The van der Waals surface area contributed by atoms with Gasteiger partial charge in [-0.25, -0.2) is 4.98 Å². The van der Waals surface area contributed by atoms with Crippen molar-refractivity contribution in [1.29, 1.82) is 5.41 Å². The number of hydrogen-bond acceptors (Lipinski definition) is 6. The summed E-state index contributed by atoms with van der Waals surface area (Å²) in [6.07, 6.45) is 5.31. The van der Waals surface area contributed by atoms with Crippen LogP contribution in [-0.4, -0.2) is 59.0 Å². The van der Waals surface area contributed by atoms with Crippen LogP contribution < -0.4 is 5.32 Å². The second-order valence-corrected chi connectivity index (χ2v) is 7.79. The molecular weight excluding hydrogens is 374 g/mol. The van der Waals surface area contributed by atoms with Gasteiger partial charge in [-0.05, 0) is 45.4 Å². The highest BCUT2D eigenvalue weighted by Crippen LogP contribution is 2.20. The topological polar surface area (TPSA) is 74.1 Å². The minimum atomic E-state index is 0.297. The number of fused-ring (bicyclic) bond motifs is 1. The van der Waals surface area contributed by atoms with Gasteiger partial charge in [-0.2, -0.15) is 0 Å². The van der Waals surface area contributed by atoms with E-state index in [2.05, 4.69) is 34.0 Å². The first kappa shape index (κ1) is 20.7. The van der Waals surface area contributed by atoms with Crippen LogP contribution >= 0.6 is 11.6 Å². The van der Waals surface area contributed by atoms with Gasteiger partial charge in [-0.1, -0.05) is 11.6 Å². The monoisotopic (exact) mass is 401 g/mol. The Balaban J connectivity index is 1.59. The number of hydrogen-bond donors (Lipinski definition) is 2. The summed E-state index contributed by atoms with van der Waals surface area (Å²) in [5.74, 6) is 0. The van der Waals surface area contributed by atoms with Crippen LogP contribution in [0.1, 0.15) is 32.8 Å². The van der Waals surface area contributed by atoms with Gasteiger partial charge in [-0.3, -0.25) is 9.88 Å². The summed E-state index contributed by atoms with van der Waals surface area (Å²) in [5, 5.41) is 11.9. The van der Waals surface area contributed by atoms with Crippen LogP contribution in [0, 0.1) is 5.41 Å². The standard InChI is InChI=1S/C21H28ClN5O/c1-14-12-27(13-15(2)28-14)8-4-7-24-11-18(16(3)23)17-9-20-19(25-10-17)5-6-21(22)26-20/h5-6,9-11,14-15,23-24H,4,7-8,12-13H2,1-3H3/b18-11+,23-16?/t14-,15+. The third kappa shape index (κ3) is 5.50. The average Bonchev–Trinajstić information content (AvgIpc) is 2.63. The van der Waals surface area contributed by atoms with Crippen molar-refractivity contribution >= 4 is 33.9 Å². The zero-order valence-corrected chi connectivity index (χ0v) is 17.5. The molecule has 3 rings (SSSR count). The summed E-state index contributed by atoms with van der Waals surface area (Å²) < 4.78 is 5.78. The highest BCUT2D eigenvalue weighted by atomic mass is 35.5. The maximum atomic E-state index is 8.12. The van der Waals surface area contributed by atoms with Crippen molar-refractivity contribution in [2.24, 2.45) is 0 Å². The van der Waals surface area contributed by atoms with Crippen molar-refractivity contribution in [3.63, 3.8) is 0 Å². The summed E-state index contributed by atoms with van der Waals surface area (Å²) in [7, 11) is 0. The molecule has 6 nitrogen and oxygen atoms in total. The molecule has 0 saturated carbocycles. The minimum Gasteiger partial charge on any atom is -0.390 e. The molecule has 0 aliphatic carbocycles. The number of ether oxygens (including phenoxy) is 1. The molecule has 0 radical (unpaired) electrons. The normalized spacial score (nSPS) is 21.1. The van der Waals surface area contributed by atoms with Crippen LogP contribution in [0.2, 0.25) is 5.15 Å². The molecule has 2 N–H and O–H groups in total. The fraction of sp³-hybridized carbons (Fsp3) is 0.476. The van der Waals surface area contributed by atoms with Crippen molar-refractivity contribution in [2.75, 3.05) is 26.2 Å². The molecule has 0 bridgehead atoms. The van der Waals surface area contributed by atoms with Gasteiger partial charge in [0, 0.05) is 55.4 Å². The van der Waals surface area contributed by atoms with E-state index >= 15 is 0 Å². The van der Waals surface area contributed by atoms with Crippen molar-refractivity contribution in [3.05, 3.63) is 41.3 Å². The van der Waals surface area contributed by atoms with E-state index in [-0.39, 0.29) is 0 Å². The van der Waals surface area contributed by atoms with Crippen LogP contribution in [0.4, 0.5) is 0 Å². The SMILES string of the molecule is CC(=N)/C(=C\NCCCN1C[C@@H](C)O[C@@H](C)C1)c1cnc2ccc(Cl)nc2c1. The zero-order chi connectivity index (χ0) is 20.1. The quantitative estimate of drug-likeness (QED) is 0.420. The molecule has 1 aliphatic heterocycles. The van der Waals surface area contributed by atoms with Crippen molar-refractivity contribution in [1.82, 2.24) is 20.2 Å². The molecule has 7 heteroatoms. The van der Waals surface area contributed by atoms with E-state index in [4.69, 9.17) is 21.7 Å². The third-order valence-electron chi connectivity index (χ3n) is 4.76. The van der Waals surface area contributed by atoms with Crippen LogP contribution in [-0.2, 0) is 4.74 Å². The predicted molar refractivity (Wildman–Crippen MR) is 115 cm³/mol. The van der Waals surface area contributed by atoms with Gasteiger partial charge >= 0.3 is 0 Å². The molecule has 0 aromatic carbocycles. The van der Waals surface area contributed by atoms with E-state index in [1.807, 2.05) is 18.3 Å². The summed E-state index contributed by atoms with van der Waals surface area (Å²) in [6, 6.07) is 5.50. The molecule has 2 atom stereocenters. The average molecular weight is 402 g/mol. The first-order valence-corrected chi connectivity index (χ1v) is 10.1. The zero-order valence-electron chi connectivity index (χ0n) is 16.7. The molecule has 1 saturated heterocycles. The van der Waals surface area contributed by atoms with Crippen LogP contribution in [0.25, 0.3) is 16.6 Å². The molecule has 0 spiro atoms. The van der Waals surface area contributed by atoms with E-state index in [0.29, 0.717) is 23.1 Å². The number of allylic oxidation sites excluding steroid dienone is 1. The number of halogens is 1. The Morgan fingerprint density at radius 2 is 2.07 bits per heavy atom. The fourth-order valence-corrected chi connectivity index (χ4v) is 3.74. The largest absolute Gasteiger partial charge is 0.390 e. The lowest BCUT2D eigenvalue weighted by molar-refractivity contribution is -0.0679. The van der Waals surface area contributed by atoms with Gasteiger partial charge in [0.2, 0.25) is 0 Å². The fourth-order valence-electron chi connectivity index (χ4n) is 3.58. The molecule has 150 valence electrons. The predicted octanol–water partition coefficient (Wildman–Crippen LogP) is 3.75. The maximum absolute atomic E-state index is 8.12. The molecular formula is C21H28ClN5O. The van der Waals surface area contributed by atoms with Gasteiger partial charge in [0.15, 0.2) is 0 Å². The van der Waals surface area contributed by atoms with Gasteiger partial charge < -0.3 is 15.5 Å². The smallest absolute Gasteiger partial charge is 0.129 e. The molecule has 1 aliphatic rings. The second-order valence-electron chi connectivity index (χ2n) is 7.40. The Hall–Kier alpha value is -2.02. The van der Waals surface area contributed by atoms with Crippen molar-refractivity contribution in [3.8, 4) is 0 Å². The molecule has 2 aromatic rings. The van der Waals surface area contributed by atoms with E-state index in [1.54, 1.807) is 19.2 Å². The molecule has 0 amide bonds. The Bertz CT molecular complexity index is 859. The number of rotatable bonds is 7. The summed E-state index contributed by atoms with van der Waals surface area (Å²) in [5.41, 5.74) is 3.67. The number of pyridine rings is 2. The second kappa shape index (κ2) is 9.45. The van der Waals surface area contributed by atoms with Gasteiger partial charge in [0.1, 0.15) is 5.15 Å². The molecule has 3 heterocycles. The highest BCUT2D eigenvalue weighted by molar-refractivity contribution is 6.29. The molecule has 28 heavy (non-hydrogen) atoms. The molecule has 0 unspecified atom stereocenters.